The van der Waals surface area contributed by atoms with E-state index in [1.165, 1.54) is 4.90 Å². The number of amides is 2. The Hall–Kier alpha value is -1.46. The molecule has 0 heterocycles. The van der Waals surface area contributed by atoms with Crippen LogP contribution in [0.25, 0.3) is 0 Å². The Bertz CT molecular complexity index is 882. The van der Waals surface area contributed by atoms with E-state index in [1.807, 2.05) is 13.8 Å². The summed E-state index contributed by atoms with van der Waals surface area (Å²) in [5.74, 6) is -0.531. The van der Waals surface area contributed by atoms with Crippen molar-refractivity contribution >= 4 is 58.2 Å². The van der Waals surface area contributed by atoms with Crippen molar-refractivity contribution in [3.05, 3.63) is 67.6 Å². The molecule has 0 aliphatic carbocycles. The van der Waals surface area contributed by atoms with Crippen LogP contribution >= 0.6 is 46.4 Å². The number of carbonyl (C=O) groups is 2. The Kier molecular flexibility index (Phi) is 8.65. The average Bonchev–Trinajstić information content (AvgIpc) is 2.64. The van der Waals surface area contributed by atoms with Crippen molar-refractivity contribution in [3.63, 3.8) is 0 Å². The molecule has 2 aromatic rings. The van der Waals surface area contributed by atoms with Gasteiger partial charge in [-0.25, -0.2) is 0 Å². The normalized spacial score (nSPS) is 12.0. The standard InChI is InChI=1S/C21H22Cl4N2O2/c1-12(2)26-21(29)13(3)27(11-14-7-8-18(24)19(25)9-14)20(28)10-15-16(22)5-4-6-17(15)23/h4-9,12-13H,10-11H2,1-3H3,(H,26,29)/t13-/m0/s1. The largest absolute Gasteiger partial charge is 0.352 e. The van der Waals surface area contributed by atoms with Crippen LogP contribution in [0.15, 0.2) is 36.4 Å². The van der Waals surface area contributed by atoms with Crippen molar-refractivity contribution in [1.82, 2.24) is 10.2 Å². The maximum atomic E-state index is 13.2. The molecule has 0 bridgehead atoms. The van der Waals surface area contributed by atoms with Crippen LogP contribution in [0, 0.1) is 0 Å². The lowest BCUT2D eigenvalue weighted by Gasteiger charge is -2.30. The van der Waals surface area contributed by atoms with E-state index in [-0.39, 0.29) is 30.8 Å². The number of hydrogen-bond acceptors (Lipinski definition) is 2. The first-order valence-electron chi connectivity index (χ1n) is 9.06. The van der Waals surface area contributed by atoms with E-state index in [9.17, 15) is 9.59 Å². The summed E-state index contributed by atoms with van der Waals surface area (Å²) < 4.78 is 0. The maximum absolute atomic E-state index is 13.2. The zero-order valence-corrected chi connectivity index (χ0v) is 19.3. The highest BCUT2D eigenvalue weighted by Crippen LogP contribution is 2.27. The van der Waals surface area contributed by atoms with Crippen molar-refractivity contribution in [2.45, 2.75) is 45.8 Å². The van der Waals surface area contributed by atoms with E-state index in [4.69, 9.17) is 46.4 Å². The Morgan fingerprint density at radius 3 is 2.10 bits per heavy atom. The fourth-order valence-corrected chi connectivity index (χ4v) is 3.63. The quantitative estimate of drug-likeness (QED) is 0.551. The first-order valence-corrected chi connectivity index (χ1v) is 10.6. The average molecular weight is 476 g/mol. The van der Waals surface area contributed by atoms with Gasteiger partial charge >= 0.3 is 0 Å². The highest BCUT2D eigenvalue weighted by atomic mass is 35.5. The van der Waals surface area contributed by atoms with Crippen LogP contribution in [-0.4, -0.2) is 28.8 Å². The van der Waals surface area contributed by atoms with Gasteiger partial charge in [0, 0.05) is 22.6 Å². The molecule has 0 radical (unpaired) electrons. The van der Waals surface area contributed by atoms with E-state index < -0.39 is 6.04 Å². The van der Waals surface area contributed by atoms with Gasteiger partial charge in [-0.3, -0.25) is 9.59 Å². The predicted molar refractivity (Wildman–Crippen MR) is 120 cm³/mol. The molecular weight excluding hydrogens is 454 g/mol. The minimum Gasteiger partial charge on any atom is -0.352 e. The summed E-state index contributed by atoms with van der Waals surface area (Å²) in [6.45, 7) is 5.59. The molecule has 4 nitrogen and oxygen atoms in total. The Labute approximate surface area is 191 Å². The lowest BCUT2D eigenvalue weighted by Crippen LogP contribution is -2.49. The van der Waals surface area contributed by atoms with Gasteiger partial charge in [-0.2, -0.15) is 0 Å². The van der Waals surface area contributed by atoms with Crippen LogP contribution in [0.5, 0.6) is 0 Å². The smallest absolute Gasteiger partial charge is 0.242 e. The lowest BCUT2D eigenvalue weighted by atomic mass is 10.1. The third-order valence-electron chi connectivity index (χ3n) is 4.32. The zero-order chi connectivity index (χ0) is 21.7. The third kappa shape index (κ3) is 6.51. The molecule has 29 heavy (non-hydrogen) atoms. The second kappa shape index (κ2) is 10.5. The molecule has 156 valence electrons. The zero-order valence-electron chi connectivity index (χ0n) is 16.3. The summed E-state index contributed by atoms with van der Waals surface area (Å²) in [6, 6.07) is 9.41. The molecule has 0 aromatic heterocycles. The molecule has 0 saturated heterocycles. The molecule has 0 fully saturated rings. The van der Waals surface area contributed by atoms with E-state index >= 15 is 0 Å². The second-order valence-corrected chi connectivity index (χ2v) is 8.62. The second-order valence-electron chi connectivity index (χ2n) is 6.99. The first-order chi connectivity index (χ1) is 13.6. The summed E-state index contributed by atoms with van der Waals surface area (Å²) in [6.07, 6.45) is -0.0286. The number of halogens is 4. The number of hydrogen-bond donors (Lipinski definition) is 1. The van der Waals surface area contributed by atoms with Crippen LogP contribution in [-0.2, 0) is 22.6 Å². The molecular formula is C21H22Cl4N2O2. The van der Waals surface area contributed by atoms with E-state index in [0.29, 0.717) is 25.7 Å². The molecule has 0 aliphatic heterocycles. The lowest BCUT2D eigenvalue weighted by molar-refractivity contribution is -0.140. The van der Waals surface area contributed by atoms with Crippen LogP contribution in [0.3, 0.4) is 0 Å². The summed E-state index contributed by atoms with van der Waals surface area (Å²) in [5.41, 5.74) is 1.28. The number of rotatable bonds is 7. The number of nitrogens with one attached hydrogen (secondary N) is 1. The van der Waals surface area contributed by atoms with Gasteiger partial charge in [-0.15, -0.1) is 0 Å². The fourth-order valence-electron chi connectivity index (χ4n) is 2.78. The Morgan fingerprint density at radius 1 is 0.931 bits per heavy atom. The molecule has 1 atom stereocenters. The van der Waals surface area contributed by atoms with Crippen molar-refractivity contribution in [2.24, 2.45) is 0 Å². The third-order valence-corrected chi connectivity index (χ3v) is 5.77. The summed E-state index contributed by atoms with van der Waals surface area (Å²) in [5, 5.41) is 4.44. The van der Waals surface area contributed by atoms with E-state index in [0.717, 1.165) is 5.56 Å². The highest BCUT2D eigenvalue weighted by Gasteiger charge is 2.27. The molecule has 1 N–H and O–H groups in total. The summed E-state index contributed by atoms with van der Waals surface area (Å²) >= 11 is 24.5. The van der Waals surface area contributed by atoms with Gasteiger partial charge < -0.3 is 10.2 Å². The first kappa shape index (κ1) is 23.8. The molecule has 0 saturated carbocycles. The Balaban J connectivity index is 2.33. The van der Waals surface area contributed by atoms with Crippen molar-refractivity contribution in [1.29, 1.82) is 0 Å². The number of benzene rings is 2. The van der Waals surface area contributed by atoms with Gasteiger partial charge in [-0.05, 0) is 56.2 Å². The monoisotopic (exact) mass is 474 g/mol. The fraction of sp³-hybridized carbons (Fsp3) is 0.333. The molecule has 0 unspecified atom stereocenters. The molecule has 2 rings (SSSR count). The van der Waals surface area contributed by atoms with Crippen LogP contribution in [0.2, 0.25) is 20.1 Å². The SMILES string of the molecule is CC(C)NC(=O)[C@H](C)N(Cc1ccc(Cl)c(Cl)c1)C(=O)Cc1c(Cl)cccc1Cl. The molecule has 8 heteroatoms. The molecule has 2 amide bonds. The topological polar surface area (TPSA) is 49.4 Å². The number of carbonyl (C=O) groups excluding carboxylic acids is 2. The van der Waals surface area contributed by atoms with Crippen LogP contribution in [0.4, 0.5) is 0 Å². The van der Waals surface area contributed by atoms with Crippen molar-refractivity contribution < 1.29 is 9.59 Å². The van der Waals surface area contributed by atoms with E-state index in [2.05, 4.69) is 5.32 Å². The molecule has 0 aliphatic rings. The van der Waals surface area contributed by atoms with Crippen LogP contribution in [0.1, 0.15) is 31.9 Å². The summed E-state index contributed by atoms with van der Waals surface area (Å²) in [4.78, 5) is 27.3. The minimum absolute atomic E-state index is 0.0286. The van der Waals surface area contributed by atoms with Gasteiger partial charge in [0.2, 0.25) is 11.8 Å². The van der Waals surface area contributed by atoms with Crippen molar-refractivity contribution in [2.75, 3.05) is 0 Å². The molecule has 2 aromatic carbocycles. The van der Waals surface area contributed by atoms with Crippen molar-refractivity contribution in [3.8, 4) is 0 Å². The van der Waals surface area contributed by atoms with Crippen LogP contribution < -0.4 is 5.32 Å². The minimum atomic E-state index is -0.708. The highest BCUT2D eigenvalue weighted by molar-refractivity contribution is 6.42. The Morgan fingerprint density at radius 2 is 1.55 bits per heavy atom. The van der Waals surface area contributed by atoms with Gasteiger partial charge in [-0.1, -0.05) is 58.5 Å². The van der Waals surface area contributed by atoms with Gasteiger partial charge in [0.25, 0.3) is 0 Å². The maximum Gasteiger partial charge on any atom is 0.242 e. The van der Waals surface area contributed by atoms with Gasteiger partial charge in [0.15, 0.2) is 0 Å². The summed E-state index contributed by atoms with van der Waals surface area (Å²) in [7, 11) is 0. The van der Waals surface area contributed by atoms with Gasteiger partial charge in [0.1, 0.15) is 6.04 Å². The molecule has 0 spiro atoms. The number of nitrogens with zero attached hydrogens (tertiary/aromatic N) is 1. The van der Waals surface area contributed by atoms with E-state index in [1.54, 1.807) is 43.3 Å². The van der Waals surface area contributed by atoms with Gasteiger partial charge in [0.05, 0.1) is 16.5 Å². The predicted octanol–water partition coefficient (Wildman–Crippen LogP) is 5.78.